The molecular weight excluding hydrogens is 343 g/mol. The summed E-state index contributed by atoms with van der Waals surface area (Å²) >= 11 is 2.08. The number of nitrogens with one attached hydrogen (secondary N) is 1. The number of hydrogen-bond acceptors (Lipinski definition) is 3. The highest BCUT2D eigenvalue weighted by Gasteiger charge is 2.29. The van der Waals surface area contributed by atoms with E-state index in [1.165, 1.54) is 0 Å². The first-order valence-electron chi connectivity index (χ1n) is 5.86. The highest BCUT2D eigenvalue weighted by Crippen LogP contribution is 2.40. The second kappa shape index (κ2) is 4.18. The molecule has 1 aliphatic carbocycles. The summed E-state index contributed by atoms with van der Waals surface area (Å²) in [6, 6.07) is 0. The molecular formula is C12H13IN4O. The molecule has 0 amide bonds. The van der Waals surface area contributed by atoms with E-state index in [0.717, 1.165) is 33.4 Å². The van der Waals surface area contributed by atoms with Crippen LogP contribution >= 0.6 is 22.6 Å². The molecule has 0 spiro atoms. The van der Waals surface area contributed by atoms with Crippen molar-refractivity contribution in [2.45, 2.75) is 25.7 Å². The smallest absolute Gasteiger partial charge is 0.264 e. The van der Waals surface area contributed by atoms with Gasteiger partial charge in [0.15, 0.2) is 0 Å². The van der Waals surface area contributed by atoms with Crippen LogP contribution in [0.5, 0.6) is 0 Å². The molecule has 5 nitrogen and oxygen atoms in total. The van der Waals surface area contributed by atoms with Crippen LogP contribution in [0, 0.1) is 10.5 Å². The van der Waals surface area contributed by atoms with Crippen molar-refractivity contribution in [3.8, 4) is 11.4 Å². The SMILES string of the molecule is Cc1nn(C)cc1-c1nc(C2CC2)c(I)c(=O)[nH]1. The third-order valence-corrected chi connectivity index (χ3v) is 4.16. The molecule has 0 radical (unpaired) electrons. The Hall–Kier alpha value is -1.18. The Balaban J connectivity index is 2.18. The average molecular weight is 356 g/mol. The van der Waals surface area contributed by atoms with Gasteiger partial charge in [-0.3, -0.25) is 9.48 Å². The molecule has 0 bridgehead atoms. The summed E-state index contributed by atoms with van der Waals surface area (Å²) in [5, 5.41) is 4.28. The first kappa shape index (κ1) is 11.9. The Kier molecular flexibility index (Phi) is 2.76. The van der Waals surface area contributed by atoms with Gasteiger partial charge in [0.2, 0.25) is 0 Å². The van der Waals surface area contributed by atoms with E-state index in [4.69, 9.17) is 0 Å². The Morgan fingerprint density at radius 3 is 2.78 bits per heavy atom. The van der Waals surface area contributed by atoms with Crippen LogP contribution in [0.15, 0.2) is 11.0 Å². The summed E-state index contributed by atoms with van der Waals surface area (Å²) < 4.78 is 2.46. The number of aromatic nitrogens is 4. The zero-order valence-corrected chi connectivity index (χ0v) is 12.4. The molecule has 0 unspecified atom stereocenters. The topological polar surface area (TPSA) is 63.6 Å². The van der Waals surface area contributed by atoms with Crippen molar-refractivity contribution in [1.82, 2.24) is 19.7 Å². The molecule has 1 fully saturated rings. The number of rotatable bonds is 2. The van der Waals surface area contributed by atoms with E-state index in [1.54, 1.807) is 4.68 Å². The predicted molar refractivity (Wildman–Crippen MR) is 76.5 cm³/mol. The van der Waals surface area contributed by atoms with E-state index in [1.807, 2.05) is 20.2 Å². The van der Waals surface area contributed by atoms with Crippen molar-refractivity contribution in [3.05, 3.63) is 31.5 Å². The van der Waals surface area contributed by atoms with E-state index in [-0.39, 0.29) is 5.56 Å². The zero-order chi connectivity index (χ0) is 12.9. The summed E-state index contributed by atoms with van der Waals surface area (Å²) in [6.07, 6.45) is 4.16. The van der Waals surface area contributed by atoms with Gasteiger partial charge in [-0.05, 0) is 42.4 Å². The lowest BCUT2D eigenvalue weighted by molar-refractivity contribution is 0.756. The molecule has 1 aliphatic rings. The second-order valence-corrected chi connectivity index (χ2v) is 5.77. The number of aromatic amines is 1. The minimum Gasteiger partial charge on any atom is -0.305 e. The lowest BCUT2D eigenvalue weighted by atomic mass is 10.2. The van der Waals surface area contributed by atoms with E-state index in [0.29, 0.717) is 11.7 Å². The quantitative estimate of drug-likeness (QED) is 0.837. The minimum absolute atomic E-state index is 0.0502. The Bertz CT molecular complexity index is 669. The molecule has 94 valence electrons. The summed E-state index contributed by atoms with van der Waals surface area (Å²) in [7, 11) is 1.86. The Morgan fingerprint density at radius 1 is 1.50 bits per heavy atom. The van der Waals surface area contributed by atoms with Gasteiger partial charge in [-0.15, -0.1) is 0 Å². The van der Waals surface area contributed by atoms with Gasteiger partial charge in [-0.2, -0.15) is 5.10 Å². The van der Waals surface area contributed by atoms with Gasteiger partial charge in [0.1, 0.15) is 5.82 Å². The van der Waals surface area contributed by atoms with Crippen LogP contribution in [-0.4, -0.2) is 19.7 Å². The van der Waals surface area contributed by atoms with Crippen LogP contribution in [0.4, 0.5) is 0 Å². The van der Waals surface area contributed by atoms with Crippen LogP contribution in [0.1, 0.15) is 30.1 Å². The van der Waals surface area contributed by atoms with Crippen LogP contribution in [0.2, 0.25) is 0 Å². The van der Waals surface area contributed by atoms with Crippen LogP contribution < -0.4 is 5.56 Å². The van der Waals surface area contributed by atoms with Crippen molar-refractivity contribution >= 4 is 22.6 Å². The van der Waals surface area contributed by atoms with Crippen LogP contribution in [0.3, 0.4) is 0 Å². The van der Waals surface area contributed by atoms with Gasteiger partial charge in [0.05, 0.1) is 20.5 Å². The van der Waals surface area contributed by atoms with Crippen molar-refractivity contribution in [1.29, 1.82) is 0 Å². The summed E-state index contributed by atoms with van der Waals surface area (Å²) in [5.41, 5.74) is 2.67. The average Bonchev–Trinajstić information content (AvgIpc) is 3.08. The van der Waals surface area contributed by atoms with Gasteiger partial charge in [0.25, 0.3) is 5.56 Å². The van der Waals surface area contributed by atoms with Gasteiger partial charge < -0.3 is 4.98 Å². The predicted octanol–water partition coefficient (Wildman–Crippen LogP) is 1.96. The number of hydrogen-bond donors (Lipinski definition) is 1. The van der Waals surface area contributed by atoms with Gasteiger partial charge in [-0.25, -0.2) is 4.98 Å². The van der Waals surface area contributed by atoms with Crippen molar-refractivity contribution in [2.75, 3.05) is 0 Å². The molecule has 1 saturated carbocycles. The molecule has 0 aromatic carbocycles. The monoisotopic (exact) mass is 356 g/mol. The molecule has 2 aromatic rings. The fourth-order valence-corrected chi connectivity index (χ4v) is 2.76. The van der Waals surface area contributed by atoms with Crippen molar-refractivity contribution in [2.24, 2.45) is 7.05 Å². The molecule has 2 heterocycles. The summed E-state index contributed by atoms with van der Waals surface area (Å²) in [5.74, 6) is 1.10. The van der Waals surface area contributed by atoms with Crippen molar-refractivity contribution < 1.29 is 0 Å². The zero-order valence-electron chi connectivity index (χ0n) is 10.2. The van der Waals surface area contributed by atoms with Crippen LogP contribution in [-0.2, 0) is 7.05 Å². The Labute approximate surface area is 118 Å². The number of aryl methyl sites for hydroxylation is 2. The molecule has 0 aliphatic heterocycles. The van der Waals surface area contributed by atoms with E-state index in [2.05, 4.69) is 37.7 Å². The fraction of sp³-hybridized carbons (Fsp3) is 0.417. The molecule has 2 aromatic heterocycles. The number of H-pyrrole nitrogens is 1. The van der Waals surface area contributed by atoms with Crippen molar-refractivity contribution in [3.63, 3.8) is 0 Å². The lowest BCUT2D eigenvalue weighted by Gasteiger charge is -2.04. The van der Waals surface area contributed by atoms with E-state index >= 15 is 0 Å². The molecule has 18 heavy (non-hydrogen) atoms. The second-order valence-electron chi connectivity index (χ2n) is 4.69. The number of halogens is 1. The lowest BCUT2D eigenvalue weighted by Crippen LogP contribution is -2.16. The first-order chi connectivity index (χ1) is 8.56. The van der Waals surface area contributed by atoms with Gasteiger partial charge in [0, 0.05) is 19.2 Å². The van der Waals surface area contributed by atoms with Crippen LogP contribution in [0.25, 0.3) is 11.4 Å². The molecule has 0 atom stereocenters. The molecule has 1 N–H and O–H groups in total. The summed E-state index contributed by atoms with van der Waals surface area (Å²) in [4.78, 5) is 19.4. The molecule has 3 rings (SSSR count). The fourth-order valence-electron chi connectivity index (χ4n) is 2.06. The first-order valence-corrected chi connectivity index (χ1v) is 6.94. The molecule has 0 saturated heterocycles. The Morgan fingerprint density at radius 2 is 2.22 bits per heavy atom. The summed E-state index contributed by atoms with van der Waals surface area (Å²) in [6.45, 7) is 1.92. The maximum atomic E-state index is 12.0. The maximum Gasteiger partial charge on any atom is 0.264 e. The maximum absolute atomic E-state index is 12.0. The third kappa shape index (κ3) is 1.98. The highest BCUT2D eigenvalue weighted by molar-refractivity contribution is 14.1. The normalized spacial score (nSPS) is 15.1. The third-order valence-electron chi connectivity index (χ3n) is 3.12. The largest absolute Gasteiger partial charge is 0.305 e. The van der Waals surface area contributed by atoms with E-state index < -0.39 is 0 Å². The molecule has 6 heteroatoms. The van der Waals surface area contributed by atoms with Gasteiger partial charge in [-0.1, -0.05) is 0 Å². The standard InChI is InChI=1S/C12H13IN4O/c1-6-8(5-17(2)16-6)11-14-10(7-3-4-7)9(13)12(18)15-11/h5,7H,3-4H2,1-2H3,(H,14,15,18). The minimum atomic E-state index is -0.0502. The van der Waals surface area contributed by atoms with Gasteiger partial charge >= 0.3 is 0 Å². The highest BCUT2D eigenvalue weighted by atomic mass is 127. The van der Waals surface area contributed by atoms with E-state index in [9.17, 15) is 4.79 Å². The number of nitrogens with zero attached hydrogens (tertiary/aromatic N) is 3.